The minimum atomic E-state index is -3.36. The molecule has 0 atom stereocenters. The van der Waals surface area contributed by atoms with Gasteiger partial charge >= 0.3 is 0 Å². The lowest BCUT2D eigenvalue weighted by Crippen LogP contribution is -2.23. The third-order valence-corrected chi connectivity index (χ3v) is 4.84. The lowest BCUT2D eigenvalue weighted by atomic mass is 10.1. The van der Waals surface area contributed by atoms with Crippen molar-refractivity contribution >= 4 is 32.7 Å². The Morgan fingerprint density at radius 1 is 1.17 bits per heavy atom. The lowest BCUT2D eigenvalue weighted by Gasteiger charge is -2.07. The number of hydrogen-bond donors (Lipinski definition) is 4. The first-order chi connectivity index (χ1) is 13.9. The summed E-state index contributed by atoms with van der Waals surface area (Å²) < 4.78 is 25.1. The van der Waals surface area contributed by atoms with Crippen molar-refractivity contribution in [3.63, 3.8) is 0 Å². The molecule has 9 nitrogen and oxygen atoms in total. The van der Waals surface area contributed by atoms with Crippen LogP contribution in [0.5, 0.6) is 0 Å². The first-order valence-electron chi connectivity index (χ1n) is 8.72. The van der Waals surface area contributed by atoms with Crippen molar-refractivity contribution in [1.29, 1.82) is 0 Å². The summed E-state index contributed by atoms with van der Waals surface area (Å²) in [6.07, 6.45) is 4.48. The highest BCUT2D eigenvalue weighted by atomic mass is 32.2. The molecule has 3 heterocycles. The molecule has 0 aliphatic rings. The zero-order valence-electron chi connectivity index (χ0n) is 15.4. The Kier molecular flexibility index (Phi) is 4.77. The molecular weight excluding hydrogens is 392 g/mol. The average Bonchev–Trinajstić information content (AvgIpc) is 3.32. The van der Waals surface area contributed by atoms with E-state index in [0.29, 0.717) is 17.0 Å². The number of rotatable bonds is 6. The number of benzene rings is 1. The second-order valence-electron chi connectivity index (χ2n) is 6.53. The normalized spacial score (nSPS) is 11.5. The van der Waals surface area contributed by atoms with Crippen molar-refractivity contribution in [3.8, 4) is 11.3 Å². The minimum Gasteiger partial charge on any atom is -0.357 e. The van der Waals surface area contributed by atoms with Crippen molar-refractivity contribution in [3.05, 3.63) is 66.1 Å². The van der Waals surface area contributed by atoms with Crippen LogP contribution < -0.4 is 10.0 Å². The quantitative estimate of drug-likeness (QED) is 0.387. The predicted octanol–water partition coefficient (Wildman–Crippen LogP) is 2.25. The van der Waals surface area contributed by atoms with E-state index in [4.69, 9.17) is 0 Å². The third-order valence-electron chi connectivity index (χ3n) is 4.23. The molecule has 0 radical (unpaired) electrons. The van der Waals surface area contributed by atoms with E-state index in [0.717, 1.165) is 28.5 Å². The van der Waals surface area contributed by atoms with Gasteiger partial charge in [-0.1, -0.05) is 12.1 Å². The Morgan fingerprint density at radius 3 is 2.86 bits per heavy atom. The fraction of sp³-hybridized carbons (Fsp3) is 0.105. The maximum absolute atomic E-state index is 12.5. The van der Waals surface area contributed by atoms with Gasteiger partial charge in [-0.05, 0) is 35.9 Å². The molecule has 0 fully saturated rings. The third kappa shape index (κ3) is 4.27. The molecule has 1 aromatic carbocycles. The SMILES string of the molecule is CS(=O)(=O)Nc1cccc(CNC(=O)c2cc(-c3[nH]nc4ncccc34)c[nH]2)c1. The number of aromatic amines is 2. The Morgan fingerprint density at radius 2 is 2.03 bits per heavy atom. The van der Waals surface area contributed by atoms with Crippen LogP contribution in [0.2, 0.25) is 0 Å². The van der Waals surface area contributed by atoms with Crippen LogP contribution in [0.15, 0.2) is 54.9 Å². The Bertz CT molecular complexity index is 1290. The highest BCUT2D eigenvalue weighted by molar-refractivity contribution is 7.92. The van der Waals surface area contributed by atoms with E-state index in [1.807, 2.05) is 12.1 Å². The molecule has 4 N–H and O–H groups in total. The second kappa shape index (κ2) is 7.40. The van der Waals surface area contributed by atoms with Gasteiger partial charge in [0.2, 0.25) is 10.0 Å². The Balaban J connectivity index is 1.46. The number of nitrogens with one attached hydrogen (secondary N) is 4. The molecule has 0 spiro atoms. The summed E-state index contributed by atoms with van der Waals surface area (Å²) in [6, 6.07) is 12.3. The molecule has 4 rings (SSSR count). The maximum Gasteiger partial charge on any atom is 0.267 e. The monoisotopic (exact) mass is 410 g/mol. The van der Waals surface area contributed by atoms with Gasteiger partial charge in [-0.3, -0.25) is 14.6 Å². The minimum absolute atomic E-state index is 0.253. The van der Waals surface area contributed by atoms with Crippen LogP contribution in [0.4, 0.5) is 5.69 Å². The molecule has 0 bridgehead atoms. The van der Waals surface area contributed by atoms with Gasteiger partial charge in [0, 0.05) is 35.6 Å². The van der Waals surface area contributed by atoms with E-state index in [2.05, 4.69) is 30.2 Å². The number of carbonyl (C=O) groups is 1. The topological polar surface area (TPSA) is 133 Å². The van der Waals surface area contributed by atoms with Crippen molar-refractivity contribution in [2.24, 2.45) is 0 Å². The van der Waals surface area contributed by atoms with E-state index in [9.17, 15) is 13.2 Å². The van der Waals surface area contributed by atoms with Crippen molar-refractivity contribution in [1.82, 2.24) is 25.5 Å². The molecule has 0 saturated heterocycles. The average molecular weight is 410 g/mol. The van der Waals surface area contributed by atoms with Gasteiger partial charge in [-0.25, -0.2) is 13.4 Å². The number of aromatic nitrogens is 4. The molecule has 0 saturated carbocycles. The predicted molar refractivity (Wildman–Crippen MR) is 110 cm³/mol. The molecule has 0 aliphatic carbocycles. The van der Waals surface area contributed by atoms with Crippen molar-refractivity contribution < 1.29 is 13.2 Å². The van der Waals surface area contributed by atoms with Crippen LogP contribution in [0.25, 0.3) is 22.3 Å². The second-order valence-corrected chi connectivity index (χ2v) is 8.28. The van der Waals surface area contributed by atoms with Gasteiger partial charge in [0.25, 0.3) is 5.91 Å². The molecule has 0 unspecified atom stereocenters. The highest BCUT2D eigenvalue weighted by Crippen LogP contribution is 2.25. The zero-order chi connectivity index (χ0) is 20.4. The van der Waals surface area contributed by atoms with Crippen molar-refractivity contribution in [2.45, 2.75) is 6.54 Å². The van der Waals surface area contributed by atoms with Crippen LogP contribution in [0, 0.1) is 0 Å². The van der Waals surface area contributed by atoms with E-state index in [1.165, 1.54) is 0 Å². The fourth-order valence-corrected chi connectivity index (χ4v) is 3.53. The van der Waals surface area contributed by atoms with E-state index < -0.39 is 10.0 Å². The van der Waals surface area contributed by atoms with E-state index in [-0.39, 0.29) is 12.5 Å². The first-order valence-corrected chi connectivity index (χ1v) is 10.6. The molecule has 4 aromatic rings. The molecule has 29 heavy (non-hydrogen) atoms. The molecule has 3 aromatic heterocycles. The smallest absolute Gasteiger partial charge is 0.267 e. The van der Waals surface area contributed by atoms with Gasteiger partial charge in [0.1, 0.15) is 5.69 Å². The molecule has 10 heteroatoms. The van der Waals surface area contributed by atoms with Gasteiger partial charge in [-0.15, -0.1) is 0 Å². The summed E-state index contributed by atoms with van der Waals surface area (Å²) in [5.41, 5.74) is 3.80. The van der Waals surface area contributed by atoms with Gasteiger partial charge in [0.15, 0.2) is 5.65 Å². The summed E-state index contributed by atoms with van der Waals surface area (Å²) in [5, 5.41) is 10.8. The van der Waals surface area contributed by atoms with Gasteiger partial charge in [-0.2, -0.15) is 5.10 Å². The summed E-state index contributed by atoms with van der Waals surface area (Å²) >= 11 is 0. The van der Waals surface area contributed by atoms with Crippen LogP contribution in [0.1, 0.15) is 16.1 Å². The summed E-state index contributed by atoms with van der Waals surface area (Å²) in [5.74, 6) is -0.278. The highest BCUT2D eigenvalue weighted by Gasteiger charge is 2.13. The summed E-state index contributed by atoms with van der Waals surface area (Å²) in [4.78, 5) is 19.6. The summed E-state index contributed by atoms with van der Waals surface area (Å²) in [7, 11) is -3.36. The number of nitrogens with zero attached hydrogens (tertiary/aromatic N) is 2. The van der Waals surface area contributed by atoms with E-state index >= 15 is 0 Å². The lowest BCUT2D eigenvalue weighted by molar-refractivity contribution is 0.0946. The summed E-state index contributed by atoms with van der Waals surface area (Å²) in [6.45, 7) is 0.253. The number of sulfonamides is 1. The van der Waals surface area contributed by atoms with Crippen LogP contribution >= 0.6 is 0 Å². The van der Waals surface area contributed by atoms with Crippen LogP contribution in [-0.4, -0.2) is 40.7 Å². The Hall–Kier alpha value is -3.66. The number of hydrogen-bond acceptors (Lipinski definition) is 5. The fourth-order valence-electron chi connectivity index (χ4n) is 2.98. The largest absolute Gasteiger partial charge is 0.357 e. The van der Waals surface area contributed by atoms with Crippen molar-refractivity contribution in [2.75, 3.05) is 11.0 Å². The number of pyridine rings is 1. The zero-order valence-corrected chi connectivity index (χ0v) is 16.2. The molecule has 148 valence electrons. The molecule has 1 amide bonds. The number of H-pyrrole nitrogens is 2. The number of amides is 1. The number of anilines is 1. The van der Waals surface area contributed by atoms with Gasteiger partial charge in [0.05, 0.1) is 11.9 Å². The standard InChI is InChI=1S/C19H18N6O3S/c1-29(27,28)25-14-5-2-4-12(8-14)10-22-19(26)16-9-13(11-21-16)17-15-6-3-7-20-18(15)24-23-17/h2-9,11,21,25H,10H2,1H3,(H,22,26)(H,20,23,24). The van der Waals surface area contributed by atoms with Crippen LogP contribution in [0.3, 0.4) is 0 Å². The van der Waals surface area contributed by atoms with Gasteiger partial charge < -0.3 is 10.3 Å². The molecular formula is C19H18N6O3S. The Labute approximate surface area is 166 Å². The maximum atomic E-state index is 12.5. The number of carbonyl (C=O) groups excluding carboxylic acids is 1. The van der Waals surface area contributed by atoms with Crippen LogP contribution in [-0.2, 0) is 16.6 Å². The molecule has 0 aliphatic heterocycles. The first kappa shape index (κ1) is 18.7. The van der Waals surface area contributed by atoms with E-state index in [1.54, 1.807) is 42.7 Å². The number of fused-ring (bicyclic) bond motifs is 1.